The van der Waals surface area contributed by atoms with Crippen LogP contribution in [0.3, 0.4) is 0 Å². The zero-order valence-electron chi connectivity index (χ0n) is 18.8. The number of hydrogen-bond acceptors (Lipinski definition) is 6. The molecule has 0 saturated heterocycles. The maximum absolute atomic E-state index is 10.3. The van der Waals surface area contributed by atoms with E-state index >= 15 is 0 Å². The van der Waals surface area contributed by atoms with Gasteiger partial charge in [0.05, 0.1) is 25.7 Å². The molecule has 0 aliphatic carbocycles. The van der Waals surface area contributed by atoms with Crippen molar-refractivity contribution in [1.82, 2.24) is 0 Å². The van der Waals surface area contributed by atoms with Crippen LogP contribution in [0.4, 0.5) is 0 Å². The molecule has 0 aromatic rings. The largest absolute Gasteiger partial charge is 0.397 e. The molecule has 0 unspecified atom stereocenters. The molecule has 0 fully saturated rings. The first-order valence-electron chi connectivity index (χ1n) is 11.2. The lowest BCUT2D eigenvalue weighted by atomic mass is 10.1. The van der Waals surface area contributed by atoms with Crippen molar-refractivity contribution in [3.05, 3.63) is 12.2 Å². The molecule has 0 spiro atoms. The summed E-state index contributed by atoms with van der Waals surface area (Å²) in [6.07, 6.45) is 21.3. The molecule has 9 heteroatoms. The van der Waals surface area contributed by atoms with Crippen LogP contribution in [-0.4, -0.2) is 53.9 Å². The lowest BCUT2D eigenvalue weighted by molar-refractivity contribution is 0.261. The lowest BCUT2D eigenvalue weighted by Crippen LogP contribution is -2.04. The summed E-state index contributed by atoms with van der Waals surface area (Å²) in [4.78, 5) is 0. The number of aliphatic hydroxyl groups excluding tert-OH is 3. The molecule has 0 aromatic heterocycles. The molecule has 0 amide bonds. The van der Waals surface area contributed by atoms with E-state index < -0.39 is 18.3 Å². The maximum Gasteiger partial charge on any atom is 0.397 e. The van der Waals surface area contributed by atoms with Gasteiger partial charge in [-0.1, -0.05) is 76.9 Å². The van der Waals surface area contributed by atoms with Crippen molar-refractivity contribution in [3.8, 4) is 0 Å². The number of hydrogen-bond donors (Lipinski definition) is 4. The normalized spacial score (nSPS) is 11.8. The van der Waals surface area contributed by atoms with Crippen LogP contribution < -0.4 is 0 Å². The molecule has 182 valence electrons. The highest BCUT2D eigenvalue weighted by Gasteiger charge is 2.02. The Kier molecular flexibility index (Phi) is 26.9. The number of unbranched alkanes of at least 4 members (excludes halogenated alkanes) is 12. The van der Waals surface area contributed by atoms with Gasteiger partial charge < -0.3 is 15.3 Å². The minimum Gasteiger partial charge on any atom is -0.392 e. The number of rotatable bonds is 20. The summed E-state index contributed by atoms with van der Waals surface area (Å²) in [6.45, 7) is 2.33. The quantitative estimate of drug-likeness (QED) is 0.0835. The second kappa shape index (κ2) is 25.2. The Morgan fingerprint density at radius 2 is 1.10 bits per heavy atom. The molecule has 0 heterocycles. The van der Waals surface area contributed by atoms with Crippen LogP contribution in [0, 0.1) is 0 Å². The van der Waals surface area contributed by atoms with Crippen LogP contribution in [0.1, 0.15) is 96.8 Å². The van der Waals surface area contributed by atoms with Gasteiger partial charge in [0, 0.05) is 0 Å². The van der Waals surface area contributed by atoms with Gasteiger partial charge in [0.15, 0.2) is 0 Å². The fourth-order valence-corrected chi connectivity index (χ4v) is 3.24. The van der Waals surface area contributed by atoms with Crippen LogP contribution in [-0.2, 0) is 14.6 Å². The zero-order valence-corrected chi connectivity index (χ0v) is 20.5. The van der Waals surface area contributed by atoms with Crippen molar-refractivity contribution < 1.29 is 32.5 Å². The molecular weight excluding hydrogens is 427 g/mol. The molecule has 0 saturated carbocycles. The van der Waals surface area contributed by atoms with Crippen LogP contribution in [0.5, 0.6) is 0 Å². The predicted octanol–water partition coefficient (Wildman–Crippen LogP) is 5.16. The molecule has 0 radical (unpaired) electrons. The molecule has 0 bridgehead atoms. The van der Waals surface area contributed by atoms with Gasteiger partial charge in [0.25, 0.3) is 0 Å². The van der Waals surface area contributed by atoms with Gasteiger partial charge >= 0.3 is 10.4 Å². The highest BCUT2D eigenvalue weighted by atomic mass is 32.3. The Hall–Kier alpha value is -0.0800. The summed E-state index contributed by atoms with van der Waals surface area (Å²) in [5.41, 5.74) is 0. The minimum atomic E-state index is -4.25. The van der Waals surface area contributed by atoms with E-state index in [0.717, 1.165) is 12.8 Å². The molecule has 0 rings (SSSR count). The van der Waals surface area contributed by atoms with Gasteiger partial charge in [-0.25, -0.2) is 4.18 Å². The summed E-state index contributed by atoms with van der Waals surface area (Å²) in [5, 5.41) is 24.7. The van der Waals surface area contributed by atoms with E-state index in [-0.39, 0.29) is 25.7 Å². The van der Waals surface area contributed by atoms with Gasteiger partial charge in [-0.3, -0.25) is 4.55 Å². The summed E-state index contributed by atoms with van der Waals surface area (Å²) in [6, 6.07) is 0. The zero-order chi connectivity index (χ0) is 22.9. The van der Waals surface area contributed by atoms with E-state index in [0.29, 0.717) is 6.42 Å². The molecule has 4 N–H and O–H groups in total. The average molecular weight is 473 g/mol. The van der Waals surface area contributed by atoms with Crippen molar-refractivity contribution in [2.45, 2.75) is 96.8 Å². The molecule has 0 aromatic carbocycles. The highest BCUT2D eigenvalue weighted by Crippen LogP contribution is 2.29. The molecule has 0 aliphatic rings. The van der Waals surface area contributed by atoms with Gasteiger partial charge in [-0.05, 0) is 40.0 Å². The minimum absolute atomic E-state index is 0.0810. The molecule has 30 heavy (non-hydrogen) atoms. The second-order valence-electron chi connectivity index (χ2n) is 7.28. The van der Waals surface area contributed by atoms with Crippen molar-refractivity contribution in [1.29, 1.82) is 0 Å². The van der Waals surface area contributed by atoms with E-state index in [4.69, 9.17) is 19.9 Å². The van der Waals surface area contributed by atoms with Crippen molar-refractivity contribution in [2.24, 2.45) is 0 Å². The Morgan fingerprint density at radius 1 is 0.700 bits per heavy atom. The average Bonchev–Trinajstić information content (AvgIpc) is 2.71. The summed E-state index contributed by atoms with van der Waals surface area (Å²) in [5.74, 6) is 0. The van der Waals surface area contributed by atoms with Crippen molar-refractivity contribution in [3.63, 3.8) is 0 Å². The molecule has 0 atom stereocenters. The smallest absolute Gasteiger partial charge is 0.392 e. The number of aliphatic hydroxyl groups is 3. The first-order chi connectivity index (χ1) is 14.4. The Morgan fingerprint density at radius 3 is 1.47 bits per heavy atom. The van der Waals surface area contributed by atoms with Gasteiger partial charge in [-0.2, -0.15) is 8.42 Å². The monoisotopic (exact) mass is 472 g/mol. The van der Waals surface area contributed by atoms with E-state index in [1.54, 1.807) is 0 Å². The second-order valence-corrected chi connectivity index (χ2v) is 10.6. The van der Waals surface area contributed by atoms with E-state index in [9.17, 15) is 8.42 Å². The van der Waals surface area contributed by atoms with E-state index in [2.05, 4.69) is 23.3 Å². The fraction of sp³-hybridized carbons (Fsp3) is 0.905. The van der Waals surface area contributed by atoms with Gasteiger partial charge in [0.1, 0.15) is 0 Å². The highest BCUT2D eigenvalue weighted by molar-refractivity contribution is 7.80. The summed E-state index contributed by atoms with van der Waals surface area (Å²) in [7, 11) is -5.14. The number of allylic oxidation sites excluding steroid dienone is 2. The van der Waals surface area contributed by atoms with E-state index in [1.807, 2.05) is 0 Å². The predicted molar refractivity (Wildman–Crippen MR) is 125 cm³/mol. The SMILES string of the molecule is CCCCCCCC/C=C\CCCCCCCCOS(=O)(=O)O.OCP(CO)CO. The third-order valence-corrected chi connectivity index (χ3v) is 6.15. The summed E-state index contributed by atoms with van der Waals surface area (Å²) >= 11 is 0. The Bertz CT molecular complexity index is 449. The third kappa shape index (κ3) is 30.1. The first kappa shape index (κ1) is 32.1. The third-order valence-electron chi connectivity index (χ3n) is 4.49. The van der Waals surface area contributed by atoms with Crippen molar-refractivity contribution >= 4 is 18.3 Å². The summed E-state index contributed by atoms with van der Waals surface area (Å²) < 4.78 is 33.3. The topological polar surface area (TPSA) is 124 Å². The van der Waals surface area contributed by atoms with Crippen LogP contribution in [0.2, 0.25) is 0 Å². The molecule has 0 aliphatic heterocycles. The van der Waals surface area contributed by atoms with Crippen LogP contribution in [0.15, 0.2) is 12.2 Å². The van der Waals surface area contributed by atoms with Gasteiger partial charge in [0.2, 0.25) is 0 Å². The first-order valence-corrected chi connectivity index (χ1v) is 14.5. The standard InChI is InChI=1S/C18H36O4S.C3H9O3P/c1-2-3-4-5-6-7-8-9-10-11-12-13-14-15-16-17-18-22-23(19,20)21;4-1-7(2-5)3-6/h9-10H,2-8,11-18H2,1H3,(H,19,20,21);4-6H,1-3H2/b10-9-;. The van der Waals surface area contributed by atoms with Gasteiger partial charge in [-0.15, -0.1) is 0 Å². The van der Waals surface area contributed by atoms with Crippen LogP contribution in [0.25, 0.3) is 0 Å². The van der Waals surface area contributed by atoms with Crippen LogP contribution >= 0.6 is 7.92 Å². The molecule has 7 nitrogen and oxygen atoms in total. The maximum atomic E-state index is 10.3. The fourth-order valence-electron chi connectivity index (χ4n) is 2.65. The lowest BCUT2D eigenvalue weighted by Gasteiger charge is -2.03. The van der Waals surface area contributed by atoms with Crippen molar-refractivity contribution in [2.75, 3.05) is 25.7 Å². The Labute approximate surface area is 185 Å². The van der Waals surface area contributed by atoms with E-state index in [1.165, 1.54) is 70.6 Å². The molecular formula is C21H45O7PS. The Balaban J connectivity index is 0.